The molecule has 6 nitrogen and oxygen atoms in total. The monoisotopic (exact) mass is 360 g/mol. The van der Waals surface area contributed by atoms with Crippen molar-refractivity contribution in [1.82, 2.24) is 0 Å². The van der Waals surface area contributed by atoms with E-state index >= 15 is 0 Å². The van der Waals surface area contributed by atoms with Crippen molar-refractivity contribution in [2.45, 2.75) is 18.1 Å². The maximum Gasteiger partial charge on any atom is 0.465 e. The molecular weight excluding hydrogens is 346 g/mol. The number of aromatic hydroxyl groups is 1. The van der Waals surface area contributed by atoms with Crippen LogP contribution in [0.25, 0.3) is 10.8 Å². The molecule has 0 saturated heterocycles. The molecule has 2 aromatic rings. The van der Waals surface area contributed by atoms with E-state index in [0.717, 1.165) is 10.9 Å². The Kier molecular flexibility index (Phi) is 5.05. The van der Waals surface area contributed by atoms with Crippen molar-refractivity contribution in [2.24, 2.45) is 0 Å². The Labute approximate surface area is 136 Å². The molecule has 9 heteroatoms. The maximum absolute atomic E-state index is 13.0. The topological polar surface area (TPSA) is 101 Å². The van der Waals surface area contributed by atoms with Crippen molar-refractivity contribution < 1.29 is 36.4 Å². The van der Waals surface area contributed by atoms with Crippen LogP contribution in [0.2, 0.25) is 0 Å². The van der Waals surface area contributed by atoms with Crippen LogP contribution in [-0.2, 0) is 26.1 Å². The molecule has 0 radical (unpaired) electrons. The first-order valence-electron chi connectivity index (χ1n) is 6.86. The highest BCUT2D eigenvalue weighted by molar-refractivity contribution is 7.87. The van der Waals surface area contributed by atoms with Gasteiger partial charge in [0.05, 0.1) is 6.61 Å². The van der Waals surface area contributed by atoms with Gasteiger partial charge < -0.3 is 9.84 Å². The van der Waals surface area contributed by atoms with Crippen LogP contribution in [-0.4, -0.2) is 35.9 Å². The average molecular weight is 360 g/mol. The van der Waals surface area contributed by atoms with Crippen molar-refractivity contribution in [3.8, 4) is 5.75 Å². The second-order valence-electron chi connectivity index (χ2n) is 5.02. The Bertz CT molecular complexity index is 863. The van der Waals surface area contributed by atoms with Crippen molar-refractivity contribution in [3.63, 3.8) is 0 Å². The number of aryl methyl sites for hydroxylation is 1. The molecule has 0 aliphatic rings. The maximum atomic E-state index is 13.0. The fourth-order valence-corrected chi connectivity index (χ4v) is 2.46. The van der Waals surface area contributed by atoms with Crippen LogP contribution in [0.5, 0.6) is 5.75 Å². The summed E-state index contributed by atoms with van der Waals surface area (Å²) in [5.41, 5.74) is 0.806. The Morgan fingerprint density at radius 3 is 2.42 bits per heavy atom. The van der Waals surface area contributed by atoms with Crippen LogP contribution in [0.3, 0.4) is 0 Å². The summed E-state index contributed by atoms with van der Waals surface area (Å²) in [4.78, 5) is 11.0. The molecule has 2 rings (SSSR count). The number of carbonyl (C=O) groups excluding carboxylic acids is 1. The summed E-state index contributed by atoms with van der Waals surface area (Å²) in [5.74, 6) is -2.21. The lowest BCUT2D eigenvalue weighted by molar-refractivity contribution is -0.161. The smallest absolute Gasteiger partial charge is 0.465 e. The van der Waals surface area contributed by atoms with E-state index in [1.54, 1.807) is 30.3 Å². The van der Waals surface area contributed by atoms with Crippen molar-refractivity contribution >= 4 is 26.9 Å². The van der Waals surface area contributed by atoms with Crippen LogP contribution in [0.1, 0.15) is 12.0 Å². The van der Waals surface area contributed by atoms with E-state index in [-0.39, 0.29) is 12.2 Å². The molecule has 0 atom stereocenters. The number of alkyl halides is 2. The van der Waals surface area contributed by atoms with Gasteiger partial charge in [-0.2, -0.15) is 17.2 Å². The van der Waals surface area contributed by atoms with Gasteiger partial charge in [0.15, 0.2) is 0 Å². The zero-order valence-electron chi connectivity index (χ0n) is 12.3. The van der Waals surface area contributed by atoms with Gasteiger partial charge >= 0.3 is 21.3 Å². The Morgan fingerprint density at radius 2 is 1.75 bits per heavy atom. The fourth-order valence-electron chi connectivity index (χ4n) is 2.19. The lowest BCUT2D eigenvalue weighted by Crippen LogP contribution is -2.39. The number of esters is 1. The standard InChI is InChI=1S/C15H14F2O6S/c16-15(17,24(20,21)22)14(19)23-9-3-5-10-4-1-7-12-11(10)6-2-8-13(12)18/h1-2,4,6-8,18H,3,5,9H2,(H,20,21,22). The van der Waals surface area contributed by atoms with Gasteiger partial charge in [-0.1, -0.05) is 30.3 Å². The minimum Gasteiger partial charge on any atom is -0.507 e. The third-order valence-corrected chi connectivity index (χ3v) is 4.19. The van der Waals surface area contributed by atoms with E-state index < -0.39 is 27.9 Å². The highest BCUT2D eigenvalue weighted by atomic mass is 32.2. The summed E-state index contributed by atoms with van der Waals surface area (Å²) in [6, 6.07) is 10.2. The van der Waals surface area contributed by atoms with E-state index in [1.165, 1.54) is 6.07 Å². The van der Waals surface area contributed by atoms with Crippen LogP contribution in [0.15, 0.2) is 36.4 Å². The zero-order chi connectivity index (χ0) is 18.0. The zero-order valence-corrected chi connectivity index (χ0v) is 13.1. The number of benzene rings is 2. The third-order valence-electron chi connectivity index (χ3n) is 3.37. The van der Waals surface area contributed by atoms with Crippen molar-refractivity contribution in [1.29, 1.82) is 0 Å². The van der Waals surface area contributed by atoms with Crippen LogP contribution < -0.4 is 0 Å². The number of phenolic OH excluding ortho intramolecular Hbond substituents is 1. The molecule has 0 bridgehead atoms. The highest BCUT2D eigenvalue weighted by Gasteiger charge is 2.54. The molecule has 0 unspecified atom stereocenters. The lowest BCUT2D eigenvalue weighted by atomic mass is 10.0. The van der Waals surface area contributed by atoms with Crippen LogP contribution >= 0.6 is 0 Å². The minimum atomic E-state index is -5.86. The first-order chi connectivity index (χ1) is 11.1. The van der Waals surface area contributed by atoms with E-state index in [9.17, 15) is 27.1 Å². The van der Waals surface area contributed by atoms with Gasteiger partial charge in [-0.3, -0.25) is 4.55 Å². The molecule has 0 aliphatic carbocycles. The summed E-state index contributed by atoms with van der Waals surface area (Å²) >= 11 is 0. The molecular formula is C15H14F2O6S. The number of fused-ring (bicyclic) bond motifs is 1. The summed E-state index contributed by atoms with van der Waals surface area (Å²) in [6.45, 7) is -0.445. The Morgan fingerprint density at radius 1 is 1.12 bits per heavy atom. The largest absolute Gasteiger partial charge is 0.507 e. The van der Waals surface area contributed by atoms with Crippen molar-refractivity contribution in [2.75, 3.05) is 6.61 Å². The number of rotatable bonds is 6. The van der Waals surface area contributed by atoms with E-state index in [1.807, 2.05) is 0 Å². The number of halogens is 2. The summed E-state index contributed by atoms with van der Waals surface area (Å²) in [5, 5.41) is 6.18. The number of ether oxygens (including phenoxy) is 1. The predicted octanol–water partition coefficient (Wildman–Crippen LogP) is 2.50. The number of hydrogen-bond acceptors (Lipinski definition) is 5. The molecule has 0 spiro atoms. The van der Waals surface area contributed by atoms with Gasteiger partial charge in [-0.05, 0) is 29.9 Å². The lowest BCUT2D eigenvalue weighted by Gasteiger charge is -2.12. The molecule has 0 aromatic heterocycles. The van der Waals surface area contributed by atoms with E-state index in [2.05, 4.69) is 4.74 Å². The number of carbonyl (C=O) groups is 1. The first-order valence-corrected chi connectivity index (χ1v) is 8.30. The third kappa shape index (κ3) is 3.62. The second kappa shape index (κ2) is 6.70. The molecule has 2 N–H and O–H groups in total. The molecule has 2 aromatic carbocycles. The van der Waals surface area contributed by atoms with Crippen molar-refractivity contribution in [3.05, 3.63) is 42.0 Å². The molecule has 130 valence electrons. The molecule has 0 heterocycles. The molecule has 0 amide bonds. The Hall–Kier alpha value is -2.26. The normalized spacial score (nSPS) is 12.3. The highest BCUT2D eigenvalue weighted by Crippen LogP contribution is 2.27. The van der Waals surface area contributed by atoms with Gasteiger partial charge in [0.2, 0.25) is 0 Å². The number of hydrogen-bond donors (Lipinski definition) is 2. The average Bonchev–Trinajstić information content (AvgIpc) is 2.51. The SMILES string of the molecule is O=C(OCCCc1cccc2c(O)cccc12)C(F)(F)S(=O)(=O)O. The second-order valence-corrected chi connectivity index (χ2v) is 6.48. The molecule has 24 heavy (non-hydrogen) atoms. The van der Waals surface area contributed by atoms with Gasteiger partial charge in [0.25, 0.3) is 0 Å². The number of phenols is 1. The minimum absolute atomic E-state index is 0.105. The van der Waals surface area contributed by atoms with Crippen LogP contribution in [0.4, 0.5) is 8.78 Å². The van der Waals surface area contributed by atoms with Gasteiger partial charge in [-0.25, -0.2) is 4.79 Å². The van der Waals surface area contributed by atoms with Gasteiger partial charge in [0.1, 0.15) is 5.75 Å². The van der Waals surface area contributed by atoms with Gasteiger partial charge in [0, 0.05) is 5.39 Å². The van der Waals surface area contributed by atoms with E-state index in [4.69, 9.17) is 4.55 Å². The predicted molar refractivity (Wildman–Crippen MR) is 81.4 cm³/mol. The van der Waals surface area contributed by atoms with Gasteiger partial charge in [-0.15, -0.1) is 0 Å². The summed E-state index contributed by atoms with van der Waals surface area (Å²) < 4.78 is 59.3. The summed E-state index contributed by atoms with van der Waals surface area (Å²) in [6.07, 6.45) is 0.508. The molecule has 0 saturated carbocycles. The van der Waals surface area contributed by atoms with E-state index in [0.29, 0.717) is 11.8 Å². The molecule has 0 fully saturated rings. The molecule has 0 aliphatic heterocycles. The first kappa shape index (κ1) is 18.1. The summed E-state index contributed by atoms with van der Waals surface area (Å²) in [7, 11) is -5.86. The fraction of sp³-hybridized carbons (Fsp3) is 0.267. The quantitative estimate of drug-likeness (QED) is 0.466. The van der Waals surface area contributed by atoms with Crippen LogP contribution in [0, 0.1) is 0 Å². The Balaban J connectivity index is 1.99.